The number of aromatic nitrogens is 2. The van der Waals surface area contributed by atoms with Crippen molar-refractivity contribution in [1.82, 2.24) is 15.5 Å². The lowest BCUT2D eigenvalue weighted by molar-refractivity contribution is -0.128. The lowest BCUT2D eigenvalue weighted by Crippen LogP contribution is -2.55. The molecule has 1 aliphatic carbocycles. The van der Waals surface area contributed by atoms with E-state index in [0.29, 0.717) is 30.3 Å². The van der Waals surface area contributed by atoms with Gasteiger partial charge >= 0.3 is 0 Å². The summed E-state index contributed by atoms with van der Waals surface area (Å²) < 4.78 is 10.6. The van der Waals surface area contributed by atoms with Gasteiger partial charge in [-0.3, -0.25) is 4.79 Å². The summed E-state index contributed by atoms with van der Waals surface area (Å²) in [4.78, 5) is 16.9. The molecule has 0 aliphatic heterocycles. The molecule has 134 valence electrons. The molecule has 0 radical (unpaired) electrons. The smallest absolute Gasteiger partial charge is 0.249 e. The molecule has 2 aromatic rings. The fraction of sp³-hybridized carbons (Fsp3) is 0.500. The first-order chi connectivity index (χ1) is 12.0. The van der Waals surface area contributed by atoms with Crippen molar-refractivity contribution in [2.45, 2.75) is 50.6 Å². The zero-order chi connectivity index (χ0) is 17.9. The van der Waals surface area contributed by atoms with Crippen molar-refractivity contribution >= 4 is 5.91 Å². The van der Waals surface area contributed by atoms with E-state index in [0.717, 1.165) is 24.8 Å². The van der Waals surface area contributed by atoms with Gasteiger partial charge in [0.25, 0.3) is 0 Å². The molecule has 1 atom stereocenters. The summed E-state index contributed by atoms with van der Waals surface area (Å²) in [6, 6.07) is 7.02. The van der Waals surface area contributed by atoms with Gasteiger partial charge in [0, 0.05) is 0 Å². The van der Waals surface area contributed by atoms with Crippen LogP contribution in [0.1, 0.15) is 51.0 Å². The van der Waals surface area contributed by atoms with Crippen molar-refractivity contribution in [2.75, 3.05) is 7.11 Å². The highest BCUT2D eigenvalue weighted by Gasteiger charge is 2.36. The molecule has 3 N–H and O–H groups in total. The van der Waals surface area contributed by atoms with Crippen LogP contribution in [0, 0.1) is 0 Å². The third-order valence-electron chi connectivity index (χ3n) is 4.71. The van der Waals surface area contributed by atoms with Crippen LogP contribution in [0.25, 0.3) is 11.4 Å². The van der Waals surface area contributed by atoms with Gasteiger partial charge in [-0.2, -0.15) is 4.98 Å². The number of benzene rings is 1. The Bertz CT molecular complexity index is 737. The number of rotatable bonds is 5. The number of carbonyl (C=O) groups excluding carboxylic acids is 1. The van der Waals surface area contributed by atoms with Gasteiger partial charge in [-0.15, -0.1) is 0 Å². The van der Waals surface area contributed by atoms with E-state index in [4.69, 9.17) is 15.0 Å². The number of hydrogen-bond acceptors (Lipinski definition) is 6. The fourth-order valence-corrected chi connectivity index (χ4v) is 3.16. The maximum absolute atomic E-state index is 12.5. The van der Waals surface area contributed by atoms with Crippen LogP contribution in [0.15, 0.2) is 28.8 Å². The Hall–Kier alpha value is -2.41. The summed E-state index contributed by atoms with van der Waals surface area (Å²) in [5.41, 5.74) is 6.21. The van der Waals surface area contributed by atoms with Crippen LogP contribution in [0.4, 0.5) is 0 Å². The van der Waals surface area contributed by atoms with Crippen LogP contribution in [-0.2, 0) is 4.79 Å². The van der Waals surface area contributed by atoms with Crippen molar-refractivity contribution < 1.29 is 14.1 Å². The standard InChI is InChI=1S/C18H24N4O3/c1-12(20-17(23)18(19)10-6-3-7-11-18)16-21-15(22-25-16)13-8-4-5-9-14(13)24-2/h4-5,8-9,12H,3,6-7,10-11,19H2,1-2H3,(H,20,23). The Labute approximate surface area is 146 Å². The van der Waals surface area contributed by atoms with E-state index in [1.807, 2.05) is 31.2 Å². The van der Waals surface area contributed by atoms with Gasteiger partial charge < -0.3 is 20.3 Å². The van der Waals surface area contributed by atoms with E-state index in [-0.39, 0.29) is 5.91 Å². The number of amides is 1. The van der Waals surface area contributed by atoms with Gasteiger partial charge in [-0.1, -0.05) is 36.6 Å². The summed E-state index contributed by atoms with van der Waals surface area (Å²) in [6.45, 7) is 1.81. The predicted molar refractivity (Wildman–Crippen MR) is 92.8 cm³/mol. The molecule has 1 aromatic heterocycles. The van der Waals surface area contributed by atoms with Gasteiger partial charge in [0.2, 0.25) is 17.6 Å². The van der Waals surface area contributed by atoms with Crippen LogP contribution < -0.4 is 15.8 Å². The summed E-state index contributed by atoms with van der Waals surface area (Å²) in [7, 11) is 1.59. The molecule has 1 amide bonds. The molecule has 1 heterocycles. The number of nitrogens with zero attached hydrogens (tertiary/aromatic N) is 2. The van der Waals surface area contributed by atoms with Crippen molar-refractivity contribution in [3.63, 3.8) is 0 Å². The quantitative estimate of drug-likeness (QED) is 0.864. The lowest BCUT2D eigenvalue weighted by atomic mass is 9.82. The minimum Gasteiger partial charge on any atom is -0.496 e. The van der Waals surface area contributed by atoms with Gasteiger partial charge in [-0.25, -0.2) is 0 Å². The number of hydrogen-bond donors (Lipinski definition) is 2. The maximum Gasteiger partial charge on any atom is 0.249 e. The molecule has 1 aromatic carbocycles. The highest BCUT2D eigenvalue weighted by Crippen LogP contribution is 2.29. The number of carbonyl (C=O) groups is 1. The second-order valence-electron chi connectivity index (χ2n) is 6.57. The summed E-state index contributed by atoms with van der Waals surface area (Å²) >= 11 is 0. The molecule has 25 heavy (non-hydrogen) atoms. The molecule has 1 unspecified atom stereocenters. The molecule has 1 fully saturated rings. The molecule has 0 spiro atoms. The number of methoxy groups -OCH3 is 1. The zero-order valence-corrected chi connectivity index (χ0v) is 14.6. The summed E-state index contributed by atoms with van der Waals surface area (Å²) in [5.74, 6) is 1.27. The minimum absolute atomic E-state index is 0.156. The first-order valence-corrected chi connectivity index (χ1v) is 8.60. The first-order valence-electron chi connectivity index (χ1n) is 8.60. The highest BCUT2D eigenvalue weighted by molar-refractivity contribution is 5.86. The Kier molecular flexibility index (Phi) is 5.03. The number of nitrogens with two attached hydrogens (primary N) is 1. The van der Waals surface area contributed by atoms with Gasteiger partial charge in [0.15, 0.2) is 0 Å². The molecular formula is C18H24N4O3. The third kappa shape index (κ3) is 3.66. The van der Waals surface area contributed by atoms with E-state index >= 15 is 0 Å². The van der Waals surface area contributed by atoms with E-state index in [1.165, 1.54) is 0 Å². The van der Waals surface area contributed by atoms with E-state index in [2.05, 4.69) is 15.5 Å². The minimum atomic E-state index is -0.794. The maximum atomic E-state index is 12.5. The summed E-state index contributed by atoms with van der Waals surface area (Å²) in [5, 5.41) is 6.91. The van der Waals surface area contributed by atoms with Crippen molar-refractivity contribution in [2.24, 2.45) is 5.73 Å². The first kappa shape index (κ1) is 17.4. The van der Waals surface area contributed by atoms with E-state index in [9.17, 15) is 4.79 Å². The number of para-hydroxylation sites is 1. The highest BCUT2D eigenvalue weighted by atomic mass is 16.5. The Morgan fingerprint density at radius 1 is 1.32 bits per heavy atom. The molecule has 0 bridgehead atoms. The van der Waals surface area contributed by atoms with Crippen LogP contribution in [0.5, 0.6) is 5.75 Å². The van der Waals surface area contributed by atoms with Gasteiger partial charge in [0.1, 0.15) is 11.8 Å². The second-order valence-corrected chi connectivity index (χ2v) is 6.57. The normalized spacial score (nSPS) is 17.7. The number of ether oxygens (including phenoxy) is 1. The molecular weight excluding hydrogens is 320 g/mol. The van der Waals surface area contributed by atoms with Crippen molar-refractivity contribution in [3.8, 4) is 17.1 Å². The lowest BCUT2D eigenvalue weighted by Gasteiger charge is -2.32. The molecule has 1 aliphatic rings. The Morgan fingerprint density at radius 3 is 2.76 bits per heavy atom. The van der Waals surface area contributed by atoms with Crippen molar-refractivity contribution in [1.29, 1.82) is 0 Å². The van der Waals surface area contributed by atoms with E-state index in [1.54, 1.807) is 7.11 Å². The Balaban J connectivity index is 1.72. The van der Waals surface area contributed by atoms with Crippen LogP contribution >= 0.6 is 0 Å². The molecule has 1 saturated carbocycles. The SMILES string of the molecule is COc1ccccc1-c1noc(C(C)NC(=O)C2(N)CCCCC2)n1. The van der Waals surface area contributed by atoms with Crippen LogP contribution in [0.2, 0.25) is 0 Å². The average Bonchev–Trinajstić information content (AvgIpc) is 3.12. The molecule has 0 saturated heterocycles. The zero-order valence-electron chi connectivity index (χ0n) is 14.6. The Morgan fingerprint density at radius 2 is 2.04 bits per heavy atom. The molecule has 3 rings (SSSR count). The second kappa shape index (κ2) is 7.23. The van der Waals surface area contributed by atoms with Crippen molar-refractivity contribution in [3.05, 3.63) is 30.2 Å². The summed E-state index contributed by atoms with van der Waals surface area (Å²) in [6.07, 6.45) is 4.52. The van der Waals surface area contributed by atoms with Crippen LogP contribution in [-0.4, -0.2) is 28.7 Å². The third-order valence-corrected chi connectivity index (χ3v) is 4.71. The molecule has 7 heteroatoms. The predicted octanol–water partition coefficient (Wildman–Crippen LogP) is 2.58. The van der Waals surface area contributed by atoms with Gasteiger partial charge in [-0.05, 0) is 31.9 Å². The monoisotopic (exact) mass is 344 g/mol. The van der Waals surface area contributed by atoms with Gasteiger partial charge in [0.05, 0.1) is 18.2 Å². The molecule has 7 nitrogen and oxygen atoms in total. The van der Waals surface area contributed by atoms with E-state index < -0.39 is 11.6 Å². The average molecular weight is 344 g/mol. The fourth-order valence-electron chi connectivity index (χ4n) is 3.16. The van der Waals surface area contributed by atoms with Crippen LogP contribution in [0.3, 0.4) is 0 Å². The topological polar surface area (TPSA) is 103 Å². The number of nitrogens with one attached hydrogen (secondary N) is 1. The largest absolute Gasteiger partial charge is 0.496 e.